The lowest BCUT2D eigenvalue weighted by atomic mass is 10.1. The minimum atomic E-state index is -0.689. The van der Waals surface area contributed by atoms with E-state index < -0.39 is 18.5 Å². The third-order valence-corrected chi connectivity index (χ3v) is 4.04. The highest BCUT2D eigenvalue weighted by Crippen LogP contribution is 2.10. The molecule has 0 saturated carbocycles. The molecule has 0 spiro atoms. The van der Waals surface area contributed by atoms with Gasteiger partial charge < -0.3 is 10.1 Å². The number of benzene rings is 2. The van der Waals surface area contributed by atoms with Gasteiger partial charge in [0.1, 0.15) is 6.54 Å². The van der Waals surface area contributed by atoms with E-state index in [1.807, 2.05) is 19.1 Å². The lowest BCUT2D eigenvalue weighted by molar-refractivity contribution is -0.147. The van der Waals surface area contributed by atoms with Crippen molar-refractivity contribution in [2.24, 2.45) is 0 Å². The fourth-order valence-corrected chi connectivity index (χ4v) is 2.57. The first kappa shape index (κ1) is 18.3. The second-order valence-electron chi connectivity index (χ2n) is 5.95. The molecule has 7 nitrogen and oxygen atoms in total. The van der Waals surface area contributed by atoms with Crippen molar-refractivity contribution in [2.75, 3.05) is 11.9 Å². The Balaban J connectivity index is 1.55. The van der Waals surface area contributed by atoms with Crippen LogP contribution in [0, 0.1) is 0 Å². The summed E-state index contributed by atoms with van der Waals surface area (Å²) in [5.41, 5.74) is 2.01. The van der Waals surface area contributed by atoms with E-state index in [4.69, 9.17) is 4.74 Å². The zero-order valence-electron chi connectivity index (χ0n) is 14.8. The maximum absolute atomic E-state index is 12.3. The van der Waals surface area contributed by atoms with Crippen molar-refractivity contribution in [1.82, 2.24) is 9.55 Å². The number of nitrogens with one attached hydrogen (secondary N) is 1. The van der Waals surface area contributed by atoms with Crippen molar-refractivity contribution in [3.63, 3.8) is 0 Å². The summed E-state index contributed by atoms with van der Waals surface area (Å²) in [6, 6.07) is 14.3. The molecular formula is C20H19N3O4. The molecule has 2 aromatic carbocycles. The third-order valence-electron chi connectivity index (χ3n) is 4.04. The number of para-hydroxylation sites is 1. The average molecular weight is 365 g/mol. The summed E-state index contributed by atoms with van der Waals surface area (Å²) in [4.78, 5) is 40.3. The maximum atomic E-state index is 12.3. The Bertz CT molecular complexity index is 1030. The Labute approximate surface area is 155 Å². The van der Waals surface area contributed by atoms with Crippen LogP contribution in [-0.4, -0.2) is 28.0 Å². The van der Waals surface area contributed by atoms with Gasteiger partial charge in [0, 0.05) is 5.69 Å². The molecule has 3 aromatic rings. The number of fused-ring (bicyclic) bond motifs is 1. The lowest BCUT2D eigenvalue weighted by Crippen LogP contribution is -2.28. The fraction of sp³-hybridized carbons (Fsp3) is 0.200. The van der Waals surface area contributed by atoms with E-state index in [1.54, 1.807) is 36.4 Å². The smallest absolute Gasteiger partial charge is 0.326 e. The van der Waals surface area contributed by atoms with Crippen LogP contribution < -0.4 is 10.9 Å². The van der Waals surface area contributed by atoms with Gasteiger partial charge in [0.2, 0.25) is 0 Å². The van der Waals surface area contributed by atoms with E-state index in [-0.39, 0.29) is 12.1 Å². The maximum Gasteiger partial charge on any atom is 0.326 e. The van der Waals surface area contributed by atoms with E-state index >= 15 is 0 Å². The number of anilines is 1. The van der Waals surface area contributed by atoms with Crippen molar-refractivity contribution < 1.29 is 14.3 Å². The van der Waals surface area contributed by atoms with Crippen LogP contribution in [0.3, 0.4) is 0 Å². The molecule has 1 aromatic heterocycles. The first-order chi connectivity index (χ1) is 13.1. The predicted octanol–water partition coefficient (Wildman–Crippen LogP) is 2.14. The molecule has 3 rings (SSSR count). The highest BCUT2D eigenvalue weighted by Gasteiger charge is 2.11. The van der Waals surface area contributed by atoms with E-state index in [0.717, 1.165) is 16.6 Å². The Morgan fingerprint density at radius 1 is 1.11 bits per heavy atom. The molecule has 1 heterocycles. The molecule has 27 heavy (non-hydrogen) atoms. The molecule has 0 saturated heterocycles. The lowest BCUT2D eigenvalue weighted by Gasteiger charge is -2.08. The molecule has 0 aliphatic heterocycles. The number of ether oxygens (including phenoxy) is 1. The molecule has 0 aliphatic carbocycles. The van der Waals surface area contributed by atoms with Crippen LogP contribution >= 0.6 is 0 Å². The molecule has 1 N–H and O–H groups in total. The molecule has 1 amide bonds. The van der Waals surface area contributed by atoms with Crippen LogP contribution in [-0.2, 0) is 27.3 Å². The molecule has 0 unspecified atom stereocenters. The zero-order chi connectivity index (χ0) is 19.2. The van der Waals surface area contributed by atoms with Crippen molar-refractivity contribution in [3.8, 4) is 0 Å². The number of carbonyl (C=O) groups excluding carboxylic acids is 2. The number of carbonyl (C=O) groups is 2. The molecule has 138 valence electrons. The monoisotopic (exact) mass is 365 g/mol. The zero-order valence-corrected chi connectivity index (χ0v) is 14.8. The molecule has 0 bridgehead atoms. The van der Waals surface area contributed by atoms with Crippen LogP contribution in [0.5, 0.6) is 0 Å². The Morgan fingerprint density at radius 2 is 1.85 bits per heavy atom. The Hall–Kier alpha value is -3.48. The summed E-state index contributed by atoms with van der Waals surface area (Å²) in [5.74, 6) is -1.14. The van der Waals surface area contributed by atoms with E-state index in [9.17, 15) is 14.4 Å². The largest absolute Gasteiger partial charge is 0.454 e. The molecular weight excluding hydrogens is 346 g/mol. The summed E-state index contributed by atoms with van der Waals surface area (Å²) in [7, 11) is 0. The van der Waals surface area contributed by atoms with Gasteiger partial charge in [0.15, 0.2) is 6.61 Å². The van der Waals surface area contributed by atoms with Gasteiger partial charge in [-0.1, -0.05) is 31.2 Å². The summed E-state index contributed by atoms with van der Waals surface area (Å²) in [5, 5.41) is 3.07. The standard InChI is InChI=1S/C20H19N3O4/c1-2-14-7-9-15(10-8-14)22-18(24)12-27-19(25)11-23-13-21-17-6-4-3-5-16(17)20(23)26/h3-10,13H,2,11-12H2,1H3,(H,22,24). The second-order valence-corrected chi connectivity index (χ2v) is 5.95. The highest BCUT2D eigenvalue weighted by molar-refractivity contribution is 5.92. The SMILES string of the molecule is CCc1ccc(NC(=O)COC(=O)Cn2cnc3ccccc3c2=O)cc1. The number of rotatable bonds is 6. The van der Waals surface area contributed by atoms with Crippen LogP contribution in [0.2, 0.25) is 0 Å². The van der Waals surface area contributed by atoms with E-state index in [1.165, 1.54) is 6.33 Å². The second kappa shape index (κ2) is 8.27. The predicted molar refractivity (Wildman–Crippen MR) is 101 cm³/mol. The number of nitrogens with zero attached hydrogens (tertiary/aromatic N) is 2. The van der Waals surface area contributed by atoms with Crippen LogP contribution in [0.15, 0.2) is 59.7 Å². The minimum Gasteiger partial charge on any atom is -0.454 e. The van der Waals surface area contributed by atoms with Crippen molar-refractivity contribution >= 4 is 28.5 Å². The van der Waals surface area contributed by atoms with Crippen molar-refractivity contribution in [1.29, 1.82) is 0 Å². The number of hydrogen-bond acceptors (Lipinski definition) is 5. The van der Waals surface area contributed by atoms with E-state index in [2.05, 4.69) is 10.3 Å². The Morgan fingerprint density at radius 3 is 2.59 bits per heavy atom. The van der Waals surface area contributed by atoms with Crippen molar-refractivity contribution in [3.05, 3.63) is 70.8 Å². The molecule has 0 fully saturated rings. The van der Waals surface area contributed by atoms with Crippen LogP contribution in [0.4, 0.5) is 5.69 Å². The first-order valence-corrected chi connectivity index (χ1v) is 8.55. The van der Waals surface area contributed by atoms with Gasteiger partial charge in [-0.05, 0) is 36.2 Å². The van der Waals surface area contributed by atoms with Gasteiger partial charge in [0.05, 0.1) is 17.2 Å². The Kier molecular flexibility index (Phi) is 5.61. The normalized spacial score (nSPS) is 10.6. The summed E-state index contributed by atoms with van der Waals surface area (Å²) < 4.78 is 6.11. The van der Waals surface area contributed by atoms with E-state index in [0.29, 0.717) is 16.6 Å². The molecule has 0 atom stereocenters. The van der Waals surface area contributed by atoms with Crippen LogP contribution in [0.25, 0.3) is 10.9 Å². The molecule has 7 heteroatoms. The first-order valence-electron chi connectivity index (χ1n) is 8.55. The minimum absolute atomic E-state index is 0.310. The quantitative estimate of drug-likeness (QED) is 0.676. The number of hydrogen-bond donors (Lipinski definition) is 1. The van der Waals surface area contributed by atoms with Gasteiger partial charge in [-0.2, -0.15) is 0 Å². The van der Waals surface area contributed by atoms with Crippen LogP contribution in [0.1, 0.15) is 12.5 Å². The third kappa shape index (κ3) is 4.58. The van der Waals surface area contributed by atoms with Crippen molar-refractivity contribution in [2.45, 2.75) is 19.9 Å². The number of esters is 1. The summed E-state index contributed by atoms with van der Waals surface area (Å²) in [6.07, 6.45) is 2.20. The molecule has 0 aliphatic rings. The summed E-state index contributed by atoms with van der Waals surface area (Å²) >= 11 is 0. The van der Waals surface area contributed by atoms with Gasteiger partial charge in [0.25, 0.3) is 11.5 Å². The molecule has 0 radical (unpaired) electrons. The average Bonchev–Trinajstić information content (AvgIpc) is 2.69. The number of aromatic nitrogens is 2. The highest BCUT2D eigenvalue weighted by atomic mass is 16.5. The van der Waals surface area contributed by atoms with Gasteiger partial charge in [-0.3, -0.25) is 19.0 Å². The van der Waals surface area contributed by atoms with Gasteiger partial charge in [-0.15, -0.1) is 0 Å². The summed E-state index contributed by atoms with van der Waals surface area (Å²) in [6.45, 7) is 1.31. The topological polar surface area (TPSA) is 90.3 Å². The van der Waals surface area contributed by atoms with Gasteiger partial charge >= 0.3 is 5.97 Å². The number of amides is 1. The number of aryl methyl sites for hydroxylation is 1. The fourth-order valence-electron chi connectivity index (χ4n) is 2.57. The van der Waals surface area contributed by atoms with Gasteiger partial charge in [-0.25, -0.2) is 4.98 Å².